The minimum absolute atomic E-state index is 0.0102. The van der Waals surface area contributed by atoms with E-state index in [-0.39, 0.29) is 51.2 Å². The standard InChI is InChI=1S/C40H64B2O4Si/c1-11-13-15-17-19-21-25-40(26-22-20-18-16-14-12-2)29-31(42-45-38(7,8)39(9,10)46-42)28-34-35(40)32-27-30(23-24-33(32)47-34)41-43-36(3,4)37(5,6)44-41/h23-24,27-29,47H,11-22,25-26H2,1-10H3. The summed E-state index contributed by atoms with van der Waals surface area (Å²) >= 11 is 0. The lowest BCUT2D eigenvalue weighted by atomic mass is 9.62. The van der Waals surface area contributed by atoms with Gasteiger partial charge in [-0.2, -0.15) is 0 Å². The van der Waals surface area contributed by atoms with Gasteiger partial charge in [0.1, 0.15) is 0 Å². The van der Waals surface area contributed by atoms with E-state index < -0.39 is 0 Å². The second-order valence-corrected chi connectivity index (χ2v) is 18.5. The maximum Gasteiger partial charge on any atom is 0.494 e. The molecule has 5 rings (SSSR count). The smallest absolute Gasteiger partial charge is 0.399 e. The third-order valence-corrected chi connectivity index (χ3v) is 13.8. The van der Waals surface area contributed by atoms with Gasteiger partial charge in [-0.05, 0) is 100.0 Å². The first-order valence-corrected chi connectivity index (χ1v) is 20.3. The summed E-state index contributed by atoms with van der Waals surface area (Å²) in [6.07, 6.45) is 23.2. The third-order valence-electron chi connectivity index (χ3n) is 12.2. The third kappa shape index (κ3) is 7.75. The summed E-state index contributed by atoms with van der Waals surface area (Å²) < 4.78 is 26.6. The zero-order valence-electron chi connectivity index (χ0n) is 31.7. The number of hydrogen-bond donors (Lipinski definition) is 0. The van der Waals surface area contributed by atoms with E-state index in [2.05, 4.69) is 99.6 Å². The maximum absolute atomic E-state index is 6.72. The van der Waals surface area contributed by atoms with Gasteiger partial charge in [0.05, 0.1) is 22.4 Å². The Hall–Kier alpha value is -1.24. The van der Waals surface area contributed by atoms with Gasteiger partial charge < -0.3 is 18.6 Å². The Labute approximate surface area is 290 Å². The summed E-state index contributed by atoms with van der Waals surface area (Å²) in [5.74, 6) is 0. The molecule has 0 amide bonds. The number of unbranched alkanes of at least 4 members (excludes halogenated alkanes) is 10. The van der Waals surface area contributed by atoms with Crippen LogP contribution in [0.3, 0.4) is 0 Å². The van der Waals surface area contributed by atoms with Crippen molar-refractivity contribution in [2.24, 2.45) is 5.41 Å². The summed E-state index contributed by atoms with van der Waals surface area (Å²) in [7, 11) is -0.685. The molecule has 3 heterocycles. The first-order valence-electron chi connectivity index (χ1n) is 19.2. The molecule has 7 heteroatoms. The average Bonchev–Trinajstić information content (AvgIpc) is 3.56. The van der Waals surface area contributed by atoms with Crippen molar-refractivity contribution in [1.82, 2.24) is 0 Å². The van der Waals surface area contributed by atoms with E-state index >= 15 is 0 Å². The van der Waals surface area contributed by atoms with Crippen LogP contribution in [0, 0.1) is 10.2 Å². The van der Waals surface area contributed by atoms with Crippen molar-refractivity contribution in [3.05, 3.63) is 51.1 Å². The van der Waals surface area contributed by atoms with Gasteiger partial charge >= 0.3 is 14.2 Å². The van der Waals surface area contributed by atoms with Crippen molar-refractivity contribution in [2.75, 3.05) is 0 Å². The molecular formula is C40H64B2O4Si. The van der Waals surface area contributed by atoms with E-state index in [4.69, 9.17) is 18.6 Å². The van der Waals surface area contributed by atoms with Crippen molar-refractivity contribution in [1.29, 1.82) is 0 Å². The second-order valence-electron chi connectivity index (χ2n) is 17.0. The fourth-order valence-electron chi connectivity index (χ4n) is 7.80. The van der Waals surface area contributed by atoms with Crippen molar-refractivity contribution in [3.8, 4) is 0 Å². The van der Waals surface area contributed by atoms with Crippen molar-refractivity contribution < 1.29 is 18.6 Å². The molecule has 2 saturated heterocycles. The molecule has 0 unspecified atom stereocenters. The highest BCUT2D eigenvalue weighted by Crippen LogP contribution is 2.50. The summed E-state index contributed by atoms with van der Waals surface area (Å²) in [5.41, 5.74) is 2.52. The van der Waals surface area contributed by atoms with Crippen LogP contribution in [0.1, 0.15) is 159 Å². The minimum atomic E-state index is -0.356. The van der Waals surface area contributed by atoms with Crippen LogP contribution in [0.5, 0.6) is 0 Å². The highest BCUT2D eigenvalue weighted by atomic mass is 28.2. The molecule has 0 bridgehead atoms. The molecule has 0 atom stereocenters. The van der Waals surface area contributed by atoms with Gasteiger partial charge in [-0.25, -0.2) is 0 Å². The molecule has 0 N–H and O–H groups in total. The highest BCUT2D eigenvalue weighted by Gasteiger charge is 2.54. The normalized spacial score (nSPS) is 23.0. The fraction of sp³-hybridized carbons (Fsp3) is 0.725. The topological polar surface area (TPSA) is 36.9 Å². The molecule has 0 saturated carbocycles. The molecule has 258 valence electrons. The van der Waals surface area contributed by atoms with Crippen molar-refractivity contribution in [3.63, 3.8) is 0 Å². The predicted octanol–water partition coefficient (Wildman–Crippen LogP) is 8.78. The van der Waals surface area contributed by atoms with E-state index in [1.807, 2.05) is 0 Å². The number of benzene rings is 1. The molecule has 0 radical (unpaired) electrons. The number of fused-ring (bicyclic) bond motifs is 2. The second kappa shape index (κ2) is 14.5. The fourth-order valence-corrected chi connectivity index (χ4v) is 9.57. The molecule has 1 aromatic rings. The summed E-state index contributed by atoms with van der Waals surface area (Å²) in [4.78, 5) is 1.50. The largest absolute Gasteiger partial charge is 0.494 e. The summed E-state index contributed by atoms with van der Waals surface area (Å²) in [6, 6.07) is 7.08. The monoisotopic (exact) mass is 658 g/mol. The Balaban J connectivity index is 1.57. The van der Waals surface area contributed by atoms with Gasteiger partial charge in [-0.1, -0.05) is 121 Å². The van der Waals surface area contributed by atoms with Gasteiger partial charge in [0.2, 0.25) is 0 Å². The first kappa shape index (κ1) is 37.0. The van der Waals surface area contributed by atoms with Crippen LogP contribution in [-0.2, 0) is 18.6 Å². The summed E-state index contributed by atoms with van der Waals surface area (Å²) in [6.45, 7) is 21.9. The molecule has 3 aliphatic heterocycles. The van der Waals surface area contributed by atoms with Crippen molar-refractivity contribution in [2.45, 2.75) is 182 Å². The molecule has 4 nitrogen and oxygen atoms in total. The Morgan fingerprint density at radius 2 is 1.06 bits per heavy atom. The number of allylic oxidation sites excluding steroid dienone is 4. The molecule has 1 aromatic carbocycles. The highest BCUT2D eigenvalue weighted by molar-refractivity contribution is 6.62. The van der Waals surface area contributed by atoms with Crippen LogP contribution >= 0.6 is 0 Å². The first-order chi connectivity index (χ1) is 22.2. The molecule has 0 spiro atoms. The lowest BCUT2D eigenvalue weighted by Crippen LogP contribution is -2.41. The van der Waals surface area contributed by atoms with Crippen LogP contribution in [-0.4, -0.2) is 45.8 Å². The zero-order valence-corrected chi connectivity index (χ0v) is 32.8. The van der Waals surface area contributed by atoms with Gasteiger partial charge in [0, 0.05) is 14.5 Å². The molecule has 1 aliphatic carbocycles. The Morgan fingerprint density at radius 3 is 1.57 bits per heavy atom. The molecule has 47 heavy (non-hydrogen) atoms. The Morgan fingerprint density at radius 1 is 0.596 bits per heavy atom. The van der Waals surface area contributed by atoms with E-state index in [1.165, 1.54) is 111 Å². The number of hydrogen-bond acceptors (Lipinski definition) is 4. The quantitative estimate of drug-likeness (QED) is 0.132. The molecule has 0 aromatic heterocycles. The predicted molar refractivity (Wildman–Crippen MR) is 202 cm³/mol. The Bertz CT molecular complexity index is 1410. The van der Waals surface area contributed by atoms with Crippen molar-refractivity contribution >= 4 is 34.4 Å². The van der Waals surface area contributed by atoms with Gasteiger partial charge in [-0.15, -0.1) is 0 Å². The SMILES string of the molecule is CCCCCCCCC1(CCCCCCCC)C=C(B2OC(C)(C)C(C)(C)O2)C=C2[SiH]=c3ccc(B4OC(C)(C)C(C)(C)O4)cc3=C21. The Kier molecular flexibility index (Phi) is 11.5. The minimum Gasteiger partial charge on any atom is -0.399 e. The summed E-state index contributed by atoms with van der Waals surface area (Å²) in [5, 5.41) is 2.98. The lowest BCUT2D eigenvalue weighted by molar-refractivity contribution is 0.00578. The molecule has 2 fully saturated rings. The maximum atomic E-state index is 6.72. The van der Waals surface area contributed by atoms with Crippen LogP contribution in [0.25, 0.3) is 5.57 Å². The van der Waals surface area contributed by atoms with Gasteiger partial charge in [0.15, 0.2) is 0 Å². The lowest BCUT2D eigenvalue weighted by Gasteiger charge is -2.38. The zero-order chi connectivity index (χ0) is 34.1. The number of rotatable bonds is 16. The van der Waals surface area contributed by atoms with E-state index in [0.29, 0.717) is 0 Å². The van der Waals surface area contributed by atoms with Gasteiger partial charge in [-0.3, -0.25) is 0 Å². The molecule has 4 aliphatic rings. The van der Waals surface area contributed by atoms with Gasteiger partial charge in [0.25, 0.3) is 0 Å². The van der Waals surface area contributed by atoms with Crippen LogP contribution < -0.4 is 10.7 Å². The van der Waals surface area contributed by atoms with Crippen LogP contribution in [0.4, 0.5) is 0 Å². The van der Waals surface area contributed by atoms with E-state index in [1.54, 1.807) is 5.57 Å². The van der Waals surface area contributed by atoms with Crippen LogP contribution in [0.15, 0.2) is 41.0 Å². The average molecular weight is 659 g/mol. The van der Waals surface area contributed by atoms with E-state index in [9.17, 15) is 0 Å². The van der Waals surface area contributed by atoms with Crippen LogP contribution in [0.2, 0.25) is 0 Å². The molecular weight excluding hydrogens is 594 g/mol. The van der Waals surface area contributed by atoms with E-state index in [0.717, 1.165) is 5.46 Å².